The second kappa shape index (κ2) is 5.88. The lowest BCUT2D eigenvalue weighted by Gasteiger charge is -2.24. The lowest BCUT2D eigenvalue weighted by atomic mass is 10.2. The molecular formula is C14H18N4O3S. The minimum atomic E-state index is -0.526. The fourth-order valence-electron chi connectivity index (χ4n) is 2.02. The van der Waals surface area contributed by atoms with E-state index >= 15 is 0 Å². The molecule has 0 radical (unpaired) electrons. The summed E-state index contributed by atoms with van der Waals surface area (Å²) in [5.41, 5.74) is -0.0657. The summed E-state index contributed by atoms with van der Waals surface area (Å²) in [4.78, 5) is 42.1. The van der Waals surface area contributed by atoms with Crippen molar-refractivity contribution in [3.8, 4) is 0 Å². The standard InChI is InChI=1S/C14H18N4O3S/c1-8-7-22-12(15-8)9(2)16(3)13(20)10-6-11(19)18(5)14(21)17(10)4/h6-7,9H,1-5H3. The second-order valence-corrected chi connectivity index (χ2v) is 6.08. The van der Waals surface area contributed by atoms with E-state index in [1.807, 2.05) is 19.2 Å². The van der Waals surface area contributed by atoms with Gasteiger partial charge in [0.2, 0.25) is 0 Å². The third-order valence-corrected chi connectivity index (χ3v) is 4.77. The van der Waals surface area contributed by atoms with Gasteiger partial charge in [0.05, 0.1) is 6.04 Å². The van der Waals surface area contributed by atoms with Crippen LogP contribution in [0.25, 0.3) is 0 Å². The largest absolute Gasteiger partial charge is 0.331 e. The number of hydrogen-bond donors (Lipinski definition) is 0. The highest BCUT2D eigenvalue weighted by Gasteiger charge is 2.24. The summed E-state index contributed by atoms with van der Waals surface area (Å²) in [5, 5.41) is 2.72. The van der Waals surface area contributed by atoms with Gasteiger partial charge in [0.15, 0.2) is 0 Å². The van der Waals surface area contributed by atoms with E-state index in [0.717, 1.165) is 15.3 Å². The topological polar surface area (TPSA) is 77.2 Å². The van der Waals surface area contributed by atoms with E-state index in [9.17, 15) is 14.4 Å². The smallest absolute Gasteiger partial charge is 0.331 e. The molecule has 0 aliphatic heterocycles. The van der Waals surface area contributed by atoms with Crippen LogP contribution in [-0.2, 0) is 14.1 Å². The fraction of sp³-hybridized carbons (Fsp3) is 0.429. The highest BCUT2D eigenvalue weighted by molar-refractivity contribution is 7.09. The number of rotatable bonds is 3. The molecule has 2 rings (SSSR count). The molecule has 0 N–H and O–H groups in total. The molecule has 22 heavy (non-hydrogen) atoms. The number of nitrogens with zero attached hydrogens (tertiary/aromatic N) is 4. The fourth-order valence-corrected chi connectivity index (χ4v) is 2.92. The van der Waals surface area contributed by atoms with Crippen molar-refractivity contribution in [3.63, 3.8) is 0 Å². The maximum atomic E-state index is 12.6. The van der Waals surface area contributed by atoms with Crippen molar-refractivity contribution in [1.82, 2.24) is 19.0 Å². The molecule has 8 heteroatoms. The minimum absolute atomic E-state index is 0.0655. The summed E-state index contributed by atoms with van der Waals surface area (Å²) in [5.74, 6) is -0.391. The minimum Gasteiger partial charge on any atom is -0.331 e. The molecule has 0 fully saturated rings. The van der Waals surface area contributed by atoms with Crippen molar-refractivity contribution in [2.75, 3.05) is 7.05 Å². The predicted octanol–water partition coefficient (Wildman–Crippen LogP) is 0.682. The van der Waals surface area contributed by atoms with Crippen LogP contribution >= 0.6 is 11.3 Å². The summed E-state index contributed by atoms with van der Waals surface area (Å²) in [6.07, 6.45) is 0. The van der Waals surface area contributed by atoms with Crippen molar-refractivity contribution >= 4 is 17.2 Å². The van der Waals surface area contributed by atoms with Crippen molar-refractivity contribution in [2.45, 2.75) is 19.9 Å². The van der Waals surface area contributed by atoms with E-state index < -0.39 is 17.2 Å². The summed E-state index contributed by atoms with van der Waals surface area (Å²) in [6, 6.07) is 0.936. The van der Waals surface area contributed by atoms with Crippen LogP contribution in [0.3, 0.4) is 0 Å². The lowest BCUT2D eigenvalue weighted by molar-refractivity contribution is 0.0730. The van der Waals surface area contributed by atoms with Crippen LogP contribution in [0.2, 0.25) is 0 Å². The van der Waals surface area contributed by atoms with Crippen molar-refractivity contribution in [1.29, 1.82) is 0 Å². The Labute approximate surface area is 131 Å². The molecule has 2 aromatic heterocycles. The molecule has 0 bridgehead atoms. The van der Waals surface area contributed by atoms with E-state index in [4.69, 9.17) is 0 Å². The lowest BCUT2D eigenvalue weighted by Crippen LogP contribution is -2.42. The molecule has 1 unspecified atom stereocenters. The first kappa shape index (κ1) is 16.2. The van der Waals surface area contributed by atoms with E-state index in [0.29, 0.717) is 0 Å². The van der Waals surface area contributed by atoms with Crippen LogP contribution in [0.5, 0.6) is 0 Å². The second-order valence-electron chi connectivity index (χ2n) is 5.19. The monoisotopic (exact) mass is 322 g/mol. The Hall–Kier alpha value is -2.22. The Morgan fingerprint density at radius 3 is 2.50 bits per heavy atom. The van der Waals surface area contributed by atoms with Crippen LogP contribution < -0.4 is 11.2 Å². The number of aromatic nitrogens is 3. The van der Waals surface area contributed by atoms with E-state index in [2.05, 4.69) is 4.98 Å². The summed E-state index contributed by atoms with van der Waals surface area (Å²) in [6.45, 7) is 3.74. The third kappa shape index (κ3) is 2.74. The van der Waals surface area contributed by atoms with E-state index in [-0.39, 0.29) is 11.7 Å². The highest BCUT2D eigenvalue weighted by atomic mass is 32.1. The quantitative estimate of drug-likeness (QED) is 0.833. The zero-order valence-electron chi connectivity index (χ0n) is 13.2. The molecule has 0 saturated carbocycles. The molecule has 0 aliphatic carbocycles. The van der Waals surface area contributed by atoms with Gasteiger partial charge in [-0.2, -0.15) is 0 Å². The molecule has 2 aromatic rings. The van der Waals surface area contributed by atoms with Crippen molar-refractivity contribution in [2.24, 2.45) is 14.1 Å². The Bertz CT molecular complexity index is 833. The van der Waals surface area contributed by atoms with Crippen molar-refractivity contribution < 1.29 is 4.79 Å². The van der Waals surface area contributed by atoms with Gasteiger partial charge in [-0.3, -0.25) is 18.7 Å². The van der Waals surface area contributed by atoms with Gasteiger partial charge >= 0.3 is 5.69 Å². The molecule has 7 nitrogen and oxygen atoms in total. The molecule has 1 amide bonds. The number of hydrogen-bond acceptors (Lipinski definition) is 5. The van der Waals surface area contributed by atoms with Crippen LogP contribution in [0.4, 0.5) is 0 Å². The number of aryl methyl sites for hydroxylation is 1. The van der Waals surface area contributed by atoms with Gasteiger partial charge in [-0.1, -0.05) is 0 Å². The summed E-state index contributed by atoms with van der Waals surface area (Å²) >= 11 is 1.47. The van der Waals surface area contributed by atoms with Crippen molar-refractivity contribution in [3.05, 3.63) is 48.7 Å². The first-order valence-electron chi connectivity index (χ1n) is 6.70. The maximum absolute atomic E-state index is 12.6. The summed E-state index contributed by atoms with van der Waals surface area (Å²) < 4.78 is 2.14. The number of carbonyl (C=O) groups excluding carboxylic acids is 1. The van der Waals surface area contributed by atoms with Crippen LogP contribution in [0.1, 0.15) is 34.2 Å². The SMILES string of the molecule is Cc1csc(C(C)N(C)C(=O)c2cc(=O)n(C)c(=O)n2C)n1. The number of amides is 1. The molecule has 0 saturated heterocycles. The normalized spacial score (nSPS) is 12.2. The first-order chi connectivity index (χ1) is 10.2. The number of thiazole rings is 1. The molecule has 0 aliphatic rings. The van der Waals surface area contributed by atoms with E-state index in [1.54, 1.807) is 7.05 Å². The Kier molecular flexibility index (Phi) is 4.32. The van der Waals surface area contributed by atoms with Gasteiger partial charge in [-0.25, -0.2) is 9.78 Å². The van der Waals surface area contributed by atoms with Crippen LogP contribution in [-0.4, -0.2) is 32.0 Å². The maximum Gasteiger partial charge on any atom is 0.331 e. The zero-order valence-corrected chi connectivity index (χ0v) is 14.0. The molecule has 0 spiro atoms. The average Bonchev–Trinajstić information content (AvgIpc) is 2.93. The van der Waals surface area contributed by atoms with Gasteiger partial charge in [0.1, 0.15) is 10.7 Å². The first-order valence-corrected chi connectivity index (χ1v) is 7.58. The van der Waals surface area contributed by atoms with Gasteiger partial charge in [-0.15, -0.1) is 11.3 Å². The average molecular weight is 322 g/mol. The zero-order chi connectivity index (χ0) is 16.6. The van der Waals surface area contributed by atoms with Crippen LogP contribution in [0.15, 0.2) is 21.0 Å². The number of carbonyl (C=O) groups is 1. The molecule has 0 aromatic carbocycles. The Morgan fingerprint density at radius 2 is 1.95 bits per heavy atom. The molecular weight excluding hydrogens is 304 g/mol. The van der Waals surface area contributed by atoms with E-state index in [1.165, 1.54) is 41.0 Å². The Balaban J connectivity index is 2.40. The predicted molar refractivity (Wildman–Crippen MR) is 84.3 cm³/mol. The molecule has 2 heterocycles. The summed E-state index contributed by atoms with van der Waals surface area (Å²) in [7, 11) is 4.48. The van der Waals surface area contributed by atoms with Gasteiger partial charge in [-0.05, 0) is 13.8 Å². The highest BCUT2D eigenvalue weighted by Crippen LogP contribution is 2.23. The molecule has 118 valence electrons. The third-order valence-electron chi connectivity index (χ3n) is 3.64. The van der Waals surface area contributed by atoms with Gasteiger partial charge in [0, 0.05) is 38.3 Å². The van der Waals surface area contributed by atoms with Gasteiger partial charge in [0.25, 0.3) is 11.5 Å². The van der Waals surface area contributed by atoms with Gasteiger partial charge < -0.3 is 4.90 Å². The molecule has 1 atom stereocenters. The Morgan fingerprint density at radius 1 is 1.32 bits per heavy atom. The van der Waals surface area contributed by atoms with Crippen LogP contribution in [0, 0.1) is 6.92 Å².